The molecule has 2 rings (SSSR count). The van der Waals surface area contributed by atoms with Crippen LogP contribution in [0.25, 0.3) is 0 Å². The number of ether oxygens (including phenoxy) is 1. The first-order valence-electron chi connectivity index (χ1n) is 6.79. The minimum atomic E-state index is 0.200. The second kappa shape index (κ2) is 5.91. The van der Waals surface area contributed by atoms with E-state index in [9.17, 15) is 0 Å². The third-order valence-electron chi connectivity index (χ3n) is 4.50. The molecule has 2 fully saturated rings. The van der Waals surface area contributed by atoms with Crippen LogP contribution in [0.4, 0.5) is 0 Å². The van der Waals surface area contributed by atoms with Crippen molar-refractivity contribution in [3.8, 4) is 0 Å². The Hall–Kier alpha value is 0.230. The van der Waals surface area contributed by atoms with Crippen molar-refractivity contribution in [2.24, 2.45) is 11.7 Å². The summed E-state index contributed by atoms with van der Waals surface area (Å²) < 4.78 is 5.84. The Morgan fingerprint density at radius 1 is 1.47 bits per heavy atom. The fourth-order valence-corrected chi connectivity index (χ4v) is 4.81. The van der Waals surface area contributed by atoms with Gasteiger partial charge >= 0.3 is 0 Å². The SMILES string of the molecule is CC1CSCC1(CN)N(C)CC1CCCCO1. The molecule has 17 heavy (non-hydrogen) atoms. The van der Waals surface area contributed by atoms with Gasteiger partial charge in [-0.25, -0.2) is 0 Å². The van der Waals surface area contributed by atoms with Crippen molar-refractivity contribution >= 4 is 11.8 Å². The largest absolute Gasteiger partial charge is 0.377 e. The quantitative estimate of drug-likeness (QED) is 0.831. The highest BCUT2D eigenvalue weighted by Crippen LogP contribution is 2.37. The number of hydrogen-bond donors (Lipinski definition) is 1. The van der Waals surface area contributed by atoms with Gasteiger partial charge in [0, 0.05) is 31.0 Å². The fraction of sp³-hybridized carbons (Fsp3) is 1.00. The number of hydrogen-bond acceptors (Lipinski definition) is 4. The molecule has 0 bridgehead atoms. The minimum Gasteiger partial charge on any atom is -0.377 e. The van der Waals surface area contributed by atoms with Gasteiger partial charge in [0.25, 0.3) is 0 Å². The summed E-state index contributed by atoms with van der Waals surface area (Å²) in [5.74, 6) is 3.10. The van der Waals surface area contributed by atoms with Gasteiger partial charge in [0.15, 0.2) is 0 Å². The first-order valence-corrected chi connectivity index (χ1v) is 7.95. The van der Waals surface area contributed by atoms with Crippen LogP contribution in [-0.4, -0.2) is 54.8 Å². The Kier molecular flexibility index (Phi) is 4.75. The molecule has 100 valence electrons. The lowest BCUT2D eigenvalue weighted by Gasteiger charge is -2.43. The molecule has 4 heteroatoms. The molecule has 0 aromatic carbocycles. The van der Waals surface area contributed by atoms with E-state index in [1.54, 1.807) is 0 Å². The summed E-state index contributed by atoms with van der Waals surface area (Å²) >= 11 is 2.04. The summed E-state index contributed by atoms with van der Waals surface area (Å²) in [5.41, 5.74) is 6.27. The number of nitrogens with two attached hydrogens (primary N) is 1. The zero-order valence-corrected chi connectivity index (χ0v) is 12.0. The van der Waals surface area contributed by atoms with Gasteiger partial charge in [0.05, 0.1) is 6.10 Å². The summed E-state index contributed by atoms with van der Waals surface area (Å²) in [4.78, 5) is 2.48. The molecule has 0 amide bonds. The maximum absolute atomic E-state index is 6.07. The van der Waals surface area contributed by atoms with Gasteiger partial charge in [-0.1, -0.05) is 6.92 Å². The van der Waals surface area contributed by atoms with E-state index in [-0.39, 0.29) is 5.54 Å². The van der Waals surface area contributed by atoms with E-state index in [1.807, 2.05) is 11.8 Å². The number of thioether (sulfide) groups is 1. The molecule has 2 aliphatic rings. The van der Waals surface area contributed by atoms with Crippen LogP contribution in [0.5, 0.6) is 0 Å². The maximum atomic E-state index is 6.07. The first kappa shape index (κ1) is 13.7. The first-order chi connectivity index (χ1) is 8.19. The van der Waals surface area contributed by atoms with Crippen molar-refractivity contribution in [1.29, 1.82) is 0 Å². The van der Waals surface area contributed by atoms with Gasteiger partial charge in [-0.15, -0.1) is 0 Å². The molecule has 0 aromatic rings. The highest BCUT2D eigenvalue weighted by atomic mass is 32.2. The molecule has 0 aliphatic carbocycles. The van der Waals surface area contributed by atoms with E-state index in [0.29, 0.717) is 12.0 Å². The maximum Gasteiger partial charge on any atom is 0.0702 e. The number of rotatable bonds is 4. The molecule has 2 N–H and O–H groups in total. The zero-order chi connectivity index (χ0) is 12.3. The van der Waals surface area contributed by atoms with Crippen molar-refractivity contribution in [3.05, 3.63) is 0 Å². The Bertz CT molecular complexity index is 246. The van der Waals surface area contributed by atoms with E-state index < -0.39 is 0 Å². The smallest absolute Gasteiger partial charge is 0.0702 e. The Labute approximate surface area is 109 Å². The van der Waals surface area contributed by atoms with Crippen LogP contribution in [-0.2, 0) is 4.74 Å². The standard InChI is InChI=1S/C13H26N2OS/c1-11-8-17-10-13(11,9-14)15(2)7-12-5-3-4-6-16-12/h11-12H,3-10,14H2,1-2H3. The van der Waals surface area contributed by atoms with Crippen molar-refractivity contribution < 1.29 is 4.74 Å². The predicted octanol–water partition coefficient (Wildman–Crippen LogP) is 1.57. The summed E-state index contributed by atoms with van der Waals surface area (Å²) in [6.07, 6.45) is 4.19. The van der Waals surface area contributed by atoms with E-state index in [4.69, 9.17) is 10.5 Å². The van der Waals surface area contributed by atoms with Crippen LogP contribution >= 0.6 is 11.8 Å². The van der Waals surface area contributed by atoms with Crippen LogP contribution in [0.1, 0.15) is 26.2 Å². The summed E-state index contributed by atoms with van der Waals surface area (Å²) in [5, 5.41) is 0. The van der Waals surface area contributed by atoms with Crippen molar-refractivity contribution in [1.82, 2.24) is 4.90 Å². The van der Waals surface area contributed by atoms with Crippen molar-refractivity contribution in [2.75, 3.05) is 38.2 Å². The van der Waals surface area contributed by atoms with Gasteiger partial charge in [0.2, 0.25) is 0 Å². The molecule has 2 heterocycles. The monoisotopic (exact) mass is 258 g/mol. The Morgan fingerprint density at radius 2 is 2.29 bits per heavy atom. The predicted molar refractivity (Wildman–Crippen MR) is 74.5 cm³/mol. The van der Waals surface area contributed by atoms with Gasteiger partial charge in [-0.3, -0.25) is 4.90 Å². The highest BCUT2D eigenvalue weighted by molar-refractivity contribution is 7.99. The number of nitrogens with zero attached hydrogens (tertiary/aromatic N) is 1. The van der Waals surface area contributed by atoms with E-state index in [2.05, 4.69) is 18.9 Å². The van der Waals surface area contributed by atoms with Crippen LogP contribution in [0.3, 0.4) is 0 Å². The second-order valence-electron chi connectivity index (χ2n) is 5.59. The normalized spacial score (nSPS) is 38.8. The lowest BCUT2D eigenvalue weighted by Crippen LogP contribution is -2.58. The van der Waals surface area contributed by atoms with Crippen LogP contribution in [0.2, 0.25) is 0 Å². The van der Waals surface area contributed by atoms with E-state index >= 15 is 0 Å². The van der Waals surface area contributed by atoms with Crippen molar-refractivity contribution in [3.63, 3.8) is 0 Å². The molecular weight excluding hydrogens is 232 g/mol. The number of likely N-dealkylation sites (N-methyl/N-ethyl adjacent to an activating group) is 1. The van der Waals surface area contributed by atoms with Gasteiger partial charge in [0.1, 0.15) is 0 Å². The average Bonchev–Trinajstić information content (AvgIpc) is 2.73. The van der Waals surface area contributed by atoms with Gasteiger partial charge in [-0.05, 0) is 38.0 Å². The molecule has 3 nitrogen and oxygen atoms in total. The molecule has 2 saturated heterocycles. The Morgan fingerprint density at radius 3 is 2.82 bits per heavy atom. The molecule has 0 saturated carbocycles. The molecule has 3 atom stereocenters. The zero-order valence-electron chi connectivity index (χ0n) is 11.2. The van der Waals surface area contributed by atoms with Crippen LogP contribution in [0, 0.1) is 5.92 Å². The molecule has 0 aromatic heterocycles. The highest BCUT2D eigenvalue weighted by Gasteiger charge is 2.43. The molecule has 0 spiro atoms. The van der Waals surface area contributed by atoms with Gasteiger partial charge in [-0.2, -0.15) is 11.8 Å². The van der Waals surface area contributed by atoms with E-state index in [1.165, 1.54) is 30.8 Å². The molecule has 2 aliphatic heterocycles. The van der Waals surface area contributed by atoms with Gasteiger partial charge < -0.3 is 10.5 Å². The lowest BCUT2D eigenvalue weighted by molar-refractivity contribution is -0.0248. The summed E-state index contributed by atoms with van der Waals surface area (Å²) in [7, 11) is 2.23. The second-order valence-corrected chi connectivity index (χ2v) is 6.62. The molecular formula is C13H26N2OS. The molecule has 3 unspecified atom stereocenters. The van der Waals surface area contributed by atoms with E-state index in [0.717, 1.165) is 19.7 Å². The lowest BCUT2D eigenvalue weighted by atomic mass is 9.86. The third kappa shape index (κ3) is 2.80. The van der Waals surface area contributed by atoms with Crippen LogP contribution in [0.15, 0.2) is 0 Å². The Balaban J connectivity index is 1.94. The van der Waals surface area contributed by atoms with Crippen molar-refractivity contribution in [2.45, 2.75) is 37.8 Å². The summed E-state index contributed by atoms with van der Waals surface area (Å²) in [6.45, 7) is 5.09. The summed E-state index contributed by atoms with van der Waals surface area (Å²) in [6, 6.07) is 0. The third-order valence-corrected chi connectivity index (χ3v) is 5.94. The van der Waals surface area contributed by atoms with Crippen LogP contribution < -0.4 is 5.73 Å². The average molecular weight is 258 g/mol. The minimum absolute atomic E-state index is 0.200. The topological polar surface area (TPSA) is 38.5 Å². The fourth-order valence-electron chi connectivity index (χ4n) is 3.05. The molecule has 0 radical (unpaired) electrons.